The highest BCUT2D eigenvalue weighted by Gasteiger charge is 2.62. The van der Waals surface area contributed by atoms with Gasteiger partial charge in [-0.15, -0.1) is 11.8 Å². The van der Waals surface area contributed by atoms with Crippen molar-refractivity contribution in [3.63, 3.8) is 0 Å². The van der Waals surface area contributed by atoms with Crippen molar-refractivity contribution in [1.29, 1.82) is 0 Å². The molecule has 1 aromatic heterocycles. The van der Waals surface area contributed by atoms with E-state index in [-0.39, 0.29) is 35.3 Å². The number of urea groups is 1. The van der Waals surface area contributed by atoms with Gasteiger partial charge in [-0.25, -0.2) is 4.79 Å². The van der Waals surface area contributed by atoms with Gasteiger partial charge >= 0.3 is 6.03 Å². The average Bonchev–Trinajstić information content (AvgIpc) is 3.74. The molecule has 4 saturated heterocycles. The number of para-hydroxylation sites is 1. The average molecular weight is 679 g/mol. The Morgan fingerprint density at radius 1 is 1.02 bits per heavy atom. The van der Waals surface area contributed by atoms with Gasteiger partial charge in [-0.05, 0) is 81.3 Å². The number of methoxy groups -OCH3 is 1. The van der Waals surface area contributed by atoms with Crippen molar-refractivity contribution in [2.45, 2.75) is 112 Å². The highest BCUT2D eigenvalue weighted by atomic mass is 32.2. The fourth-order valence-electron chi connectivity index (χ4n) is 9.77. The van der Waals surface area contributed by atoms with Gasteiger partial charge in [-0.3, -0.25) is 14.5 Å². The Hall–Kier alpha value is -2.76. The van der Waals surface area contributed by atoms with Crippen LogP contribution in [0.25, 0.3) is 10.9 Å². The van der Waals surface area contributed by atoms with E-state index in [9.17, 15) is 14.4 Å². The molecule has 5 N–H and O–H groups in total. The molecule has 1 aliphatic carbocycles. The van der Waals surface area contributed by atoms with Crippen LogP contribution in [0, 0.1) is 11.8 Å². The number of unbranched alkanes of at least 4 members (excludes halogenated alkanes) is 4. The summed E-state index contributed by atoms with van der Waals surface area (Å²) in [6.07, 6.45) is 12.7. The molecule has 0 spiro atoms. The SMILES string of the molecule is COCC[C@H]1C[C@H]2CN3CCc4c([nH]c5ccccc45)[C@](C(=O)NCCCCCCNC(=O)CCCC[C@H]4CC5NC(=O)NC5S4)(C2)[C@H]13. The van der Waals surface area contributed by atoms with Crippen molar-refractivity contribution < 1.29 is 19.1 Å². The van der Waals surface area contributed by atoms with Gasteiger partial charge in [0, 0.05) is 74.2 Å². The predicted molar refractivity (Wildman–Crippen MR) is 190 cm³/mol. The zero-order valence-corrected chi connectivity index (χ0v) is 29.3. The molecule has 48 heavy (non-hydrogen) atoms. The maximum atomic E-state index is 14.5. The third-order valence-corrected chi connectivity index (χ3v) is 13.3. The van der Waals surface area contributed by atoms with Gasteiger partial charge in [0.15, 0.2) is 0 Å². The van der Waals surface area contributed by atoms with E-state index in [0.29, 0.717) is 36.6 Å². The number of aromatic amines is 1. The summed E-state index contributed by atoms with van der Waals surface area (Å²) in [5.41, 5.74) is 3.10. The summed E-state index contributed by atoms with van der Waals surface area (Å²) in [5.74, 6) is 1.31. The molecule has 11 heteroatoms. The van der Waals surface area contributed by atoms with Crippen molar-refractivity contribution in [2.75, 3.05) is 39.9 Å². The summed E-state index contributed by atoms with van der Waals surface area (Å²) in [4.78, 5) is 44.7. The second-order valence-corrected chi connectivity index (χ2v) is 16.4. The quantitative estimate of drug-likeness (QED) is 0.166. The number of nitrogens with one attached hydrogen (secondary N) is 5. The molecular weight excluding hydrogens is 625 g/mol. The van der Waals surface area contributed by atoms with Crippen LogP contribution in [0.3, 0.4) is 0 Å². The lowest BCUT2D eigenvalue weighted by molar-refractivity contribution is -0.142. The first-order valence-corrected chi connectivity index (χ1v) is 19.5. The number of nitrogens with zero attached hydrogens (tertiary/aromatic N) is 1. The Labute approximate surface area is 289 Å². The van der Waals surface area contributed by atoms with E-state index in [1.165, 1.54) is 23.1 Å². The minimum Gasteiger partial charge on any atom is -0.385 e. The highest BCUT2D eigenvalue weighted by Crippen LogP contribution is 2.55. The molecule has 6 aliphatic rings. The molecule has 1 saturated carbocycles. The number of hydrogen-bond donors (Lipinski definition) is 5. The Bertz CT molecular complexity index is 1450. The van der Waals surface area contributed by atoms with E-state index in [1.807, 2.05) is 11.8 Å². The van der Waals surface area contributed by atoms with Crippen molar-refractivity contribution in [1.82, 2.24) is 31.2 Å². The van der Waals surface area contributed by atoms with Crippen molar-refractivity contribution >= 4 is 40.5 Å². The number of aromatic nitrogens is 1. The van der Waals surface area contributed by atoms with Crippen LogP contribution >= 0.6 is 11.8 Å². The molecule has 3 unspecified atom stereocenters. The molecule has 5 fully saturated rings. The maximum absolute atomic E-state index is 14.5. The molecule has 0 radical (unpaired) electrons. The topological polar surface area (TPSA) is 128 Å². The van der Waals surface area contributed by atoms with Crippen molar-refractivity contribution in [3.05, 3.63) is 35.5 Å². The Morgan fingerprint density at radius 2 is 1.85 bits per heavy atom. The fraction of sp³-hybridized carbons (Fsp3) is 0.703. The van der Waals surface area contributed by atoms with E-state index < -0.39 is 5.41 Å². The van der Waals surface area contributed by atoms with Crippen LogP contribution in [0.2, 0.25) is 0 Å². The minimum absolute atomic E-state index is 0.0478. The normalized spacial score (nSPS) is 31.5. The van der Waals surface area contributed by atoms with Crippen molar-refractivity contribution in [2.24, 2.45) is 11.8 Å². The number of benzene rings is 1. The largest absolute Gasteiger partial charge is 0.385 e. The van der Waals surface area contributed by atoms with Crippen LogP contribution in [-0.2, 0) is 26.2 Å². The van der Waals surface area contributed by atoms with Gasteiger partial charge in [-0.1, -0.05) is 37.5 Å². The van der Waals surface area contributed by atoms with Crippen LogP contribution in [0.4, 0.5) is 4.79 Å². The van der Waals surface area contributed by atoms with Crippen molar-refractivity contribution in [3.8, 4) is 0 Å². The standard InChI is InChI=1S/C37H54N6O4S/c1-47-19-15-25-20-24-22-37(32-28(14-18-43(23-24)33(25)37)27-11-5-6-12-29(27)40-32)35(45)39-17-9-3-2-8-16-38-31(44)13-7-4-10-26-21-30-34(48-26)42-36(46)41-30/h5-6,11-12,24-26,30,33-34,40H,2-4,7-10,13-23H2,1H3,(H,38,44)(H,39,45)(H2,41,42,46)/t24-,25+,26+,30?,33+,34?,37-/m1/s1. The molecule has 4 bridgehead atoms. The zero-order chi connectivity index (χ0) is 33.1. The summed E-state index contributed by atoms with van der Waals surface area (Å²) < 4.78 is 5.54. The monoisotopic (exact) mass is 678 g/mol. The number of carbonyl (C=O) groups is 3. The molecule has 2 aromatic rings. The van der Waals surface area contributed by atoms with Gasteiger partial charge < -0.3 is 31.0 Å². The number of hydrogen-bond acceptors (Lipinski definition) is 6. The van der Waals surface area contributed by atoms with Gasteiger partial charge in [0.2, 0.25) is 11.8 Å². The molecule has 262 valence electrons. The van der Waals surface area contributed by atoms with E-state index in [4.69, 9.17) is 4.74 Å². The minimum atomic E-state index is -0.557. The first-order valence-electron chi connectivity index (χ1n) is 18.6. The molecule has 5 aliphatic heterocycles. The lowest BCUT2D eigenvalue weighted by Crippen LogP contribution is -2.69. The number of amides is 4. The molecule has 8 rings (SSSR count). The Morgan fingerprint density at radius 3 is 2.69 bits per heavy atom. The fourth-order valence-corrected chi connectivity index (χ4v) is 11.4. The summed E-state index contributed by atoms with van der Waals surface area (Å²) in [6, 6.07) is 8.97. The van der Waals surface area contributed by atoms with Crippen LogP contribution in [0.1, 0.15) is 88.3 Å². The van der Waals surface area contributed by atoms with Crippen LogP contribution in [-0.4, -0.2) is 90.3 Å². The van der Waals surface area contributed by atoms with Gasteiger partial charge in [0.25, 0.3) is 0 Å². The zero-order valence-electron chi connectivity index (χ0n) is 28.5. The third kappa shape index (κ3) is 6.84. The predicted octanol–water partition coefficient (Wildman–Crippen LogP) is 4.57. The number of H-pyrrole nitrogens is 1. The van der Waals surface area contributed by atoms with E-state index in [1.54, 1.807) is 7.11 Å². The second-order valence-electron chi connectivity index (χ2n) is 14.9. The number of ether oxygens (including phenoxy) is 1. The molecule has 10 nitrogen and oxygen atoms in total. The molecular formula is C37H54N6O4S. The summed E-state index contributed by atoms with van der Waals surface area (Å²) in [5, 5.41) is 14.5. The van der Waals surface area contributed by atoms with E-state index >= 15 is 0 Å². The number of rotatable bonds is 16. The summed E-state index contributed by atoms with van der Waals surface area (Å²) in [7, 11) is 1.78. The van der Waals surface area contributed by atoms with Crippen LogP contribution in [0.5, 0.6) is 0 Å². The molecule has 8 atom stereocenters. The first kappa shape index (κ1) is 33.7. The summed E-state index contributed by atoms with van der Waals surface area (Å²) >= 11 is 1.86. The highest BCUT2D eigenvalue weighted by molar-refractivity contribution is 8.00. The van der Waals surface area contributed by atoms with Gasteiger partial charge in [0.1, 0.15) is 5.41 Å². The van der Waals surface area contributed by atoms with Gasteiger partial charge in [0.05, 0.1) is 11.4 Å². The number of carbonyl (C=O) groups excluding carboxylic acids is 3. The third-order valence-electron chi connectivity index (χ3n) is 11.8. The number of fused-ring (bicyclic) bond motifs is 5. The maximum Gasteiger partial charge on any atom is 0.316 e. The lowest BCUT2D eigenvalue weighted by atomic mass is 9.56. The Balaban J connectivity index is 0.850. The Kier molecular flexibility index (Phi) is 10.5. The molecule has 6 heterocycles. The smallest absolute Gasteiger partial charge is 0.316 e. The first-order chi connectivity index (χ1) is 23.5. The van der Waals surface area contributed by atoms with Crippen LogP contribution < -0.4 is 21.3 Å². The molecule has 4 amide bonds. The second kappa shape index (κ2) is 15.0. The van der Waals surface area contributed by atoms with E-state index in [2.05, 4.69) is 55.4 Å². The number of piperidine rings is 2. The number of thioether (sulfide) groups is 1. The van der Waals surface area contributed by atoms with Crippen LogP contribution in [0.15, 0.2) is 24.3 Å². The molecule has 1 aromatic carbocycles. The van der Waals surface area contributed by atoms with E-state index in [0.717, 1.165) is 95.8 Å². The summed E-state index contributed by atoms with van der Waals surface area (Å²) in [6.45, 7) is 4.24. The van der Waals surface area contributed by atoms with Gasteiger partial charge in [-0.2, -0.15) is 0 Å². The lowest BCUT2D eigenvalue weighted by Gasteiger charge is -2.58.